The Morgan fingerprint density at radius 3 is 2.76 bits per heavy atom. The molecule has 1 atom stereocenters. The molecule has 7 nitrogen and oxygen atoms in total. The summed E-state index contributed by atoms with van der Waals surface area (Å²) in [6.07, 6.45) is 0.924. The molecule has 7 heteroatoms. The fraction of sp³-hybridized carbons (Fsp3) is 0.643. The minimum atomic E-state index is -0.579. The highest BCUT2D eigenvalue weighted by Gasteiger charge is 2.36. The number of likely N-dealkylation sites (tertiary alicyclic amines) is 1. The average molecular weight is 295 g/mol. The second-order valence-electron chi connectivity index (χ2n) is 6.14. The van der Waals surface area contributed by atoms with E-state index < -0.39 is 17.7 Å². The molecule has 0 aromatic carbocycles. The van der Waals surface area contributed by atoms with E-state index in [0.29, 0.717) is 24.5 Å². The zero-order valence-corrected chi connectivity index (χ0v) is 12.8. The second-order valence-corrected chi connectivity index (χ2v) is 6.14. The van der Waals surface area contributed by atoms with Crippen molar-refractivity contribution in [1.82, 2.24) is 10.1 Å². The highest BCUT2D eigenvalue weighted by molar-refractivity contribution is 5.96. The van der Waals surface area contributed by atoms with Crippen molar-refractivity contribution < 1.29 is 18.8 Å². The number of ether oxygens (including phenoxy) is 1. The molecular formula is C14H21N3O4. The molecule has 0 unspecified atom stereocenters. The topological polar surface area (TPSA) is 84.7 Å². The van der Waals surface area contributed by atoms with Crippen molar-refractivity contribution in [2.45, 2.75) is 52.2 Å². The summed E-state index contributed by atoms with van der Waals surface area (Å²) in [6, 6.07) is 1.10. The third-order valence-corrected chi connectivity index (χ3v) is 3.06. The highest BCUT2D eigenvalue weighted by atomic mass is 16.6. The van der Waals surface area contributed by atoms with Crippen molar-refractivity contribution in [3.8, 4) is 0 Å². The van der Waals surface area contributed by atoms with E-state index in [-0.39, 0.29) is 5.91 Å². The molecule has 0 bridgehead atoms. The molecule has 2 heterocycles. The van der Waals surface area contributed by atoms with Gasteiger partial charge in [-0.1, -0.05) is 5.16 Å². The zero-order chi connectivity index (χ0) is 15.6. The molecule has 0 spiro atoms. The first-order valence-corrected chi connectivity index (χ1v) is 7.00. The Balaban J connectivity index is 2.00. The Labute approximate surface area is 123 Å². The van der Waals surface area contributed by atoms with Gasteiger partial charge in [-0.05, 0) is 40.5 Å². The number of anilines is 1. The summed E-state index contributed by atoms with van der Waals surface area (Å²) < 4.78 is 10.2. The van der Waals surface area contributed by atoms with Crippen molar-refractivity contribution in [3.63, 3.8) is 0 Å². The summed E-state index contributed by atoms with van der Waals surface area (Å²) in [6.45, 7) is 7.66. The first-order valence-electron chi connectivity index (χ1n) is 7.00. The molecule has 1 aliphatic heterocycles. The molecule has 1 N–H and O–H groups in total. The fourth-order valence-corrected chi connectivity index (χ4v) is 2.21. The number of rotatable bonds is 2. The van der Waals surface area contributed by atoms with Gasteiger partial charge < -0.3 is 14.6 Å². The van der Waals surface area contributed by atoms with Crippen molar-refractivity contribution in [1.29, 1.82) is 0 Å². The van der Waals surface area contributed by atoms with Gasteiger partial charge in [-0.3, -0.25) is 9.69 Å². The Kier molecular flexibility index (Phi) is 4.20. The number of aromatic nitrogens is 1. The summed E-state index contributed by atoms with van der Waals surface area (Å²) in [5, 5.41) is 6.37. The fourth-order valence-electron chi connectivity index (χ4n) is 2.21. The number of amides is 2. The first kappa shape index (κ1) is 15.3. The number of aryl methyl sites for hydroxylation is 1. The zero-order valence-electron chi connectivity index (χ0n) is 12.8. The van der Waals surface area contributed by atoms with Crippen LogP contribution in [0.5, 0.6) is 0 Å². The van der Waals surface area contributed by atoms with Crippen molar-refractivity contribution in [3.05, 3.63) is 11.8 Å². The SMILES string of the molecule is Cc1cc(NC(=O)[C@@H]2CCCN2C(=O)OC(C)(C)C)no1. The molecule has 2 rings (SSSR count). The maximum absolute atomic E-state index is 12.3. The smallest absolute Gasteiger partial charge is 0.410 e. The van der Waals surface area contributed by atoms with E-state index in [2.05, 4.69) is 10.5 Å². The predicted octanol–water partition coefficient (Wildman–Crippen LogP) is 2.32. The molecule has 0 aliphatic carbocycles. The molecule has 1 fully saturated rings. The van der Waals surface area contributed by atoms with E-state index in [1.165, 1.54) is 4.90 Å². The Bertz CT molecular complexity index is 533. The van der Waals surface area contributed by atoms with Crippen molar-refractivity contribution >= 4 is 17.8 Å². The third-order valence-electron chi connectivity index (χ3n) is 3.06. The quantitative estimate of drug-likeness (QED) is 0.905. The first-order chi connectivity index (χ1) is 9.76. The van der Waals surface area contributed by atoms with Gasteiger partial charge in [0, 0.05) is 12.6 Å². The van der Waals surface area contributed by atoms with Crippen LogP contribution in [0.4, 0.5) is 10.6 Å². The molecule has 0 saturated carbocycles. The summed E-state index contributed by atoms with van der Waals surface area (Å²) >= 11 is 0. The number of nitrogens with zero attached hydrogens (tertiary/aromatic N) is 2. The minimum Gasteiger partial charge on any atom is -0.444 e. The number of hydrogen-bond acceptors (Lipinski definition) is 5. The van der Waals surface area contributed by atoms with Crippen LogP contribution in [0.3, 0.4) is 0 Å². The number of carbonyl (C=O) groups excluding carboxylic acids is 2. The lowest BCUT2D eigenvalue weighted by Gasteiger charge is -2.27. The molecule has 21 heavy (non-hydrogen) atoms. The van der Waals surface area contributed by atoms with Gasteiger partial charge in [0.15, 0.2) is 5.82 Å². The highest BCUT2D eigenvalue weighted by Crippen LogP contribution is 2.22. The van der Waals surface area contributed by atoms with Crippen LogP contribution in [0.2, 0.25) is 0 Å². The molecule has 116 valence electrons. The van der Waals surface area contributed by atoms with Gasteiger partial charge in [0.05, 0.1) is 0 Å². The van der Waals surface area contributed by atoms with Gasteiger partial charge in [0.2, 0.25) is 5.91 Å². The van der Waals surface area contributed by atoms with Gasteiger partial charge >= 0.3 is 6.09 Å². The predicted molar refractivity (Wildman–Crippen MR) is 75.8 cm³/mol. The van der Waals surface area contributed by atoms with Crippen LogP contribution < -0.4 is 5.32 Å². The lowest BCUT2D eigenvalue weighted by atomic mass is 10.2. The molecule has 1 aliphatic rings. The van der Waals surface area contributed by atoms with Crippen LogP contribution in [-0.2, 0) is 9.53 Å². The van der Waals surface area contributed by atoms with Gasteiger partial charge in [0.1, 0.15) is 17.4 Å². The van der Waals surface area contributed by atoms with Crippen LogP contribution in [0.15, 0.2) is 10.6 Å². The lowest BCUT2D eigenvalue weighted by molar-refractivity contribution is -0.120. The Morgan fingerprint density at radius 1 is 1.48 bits per heavy atom. The van der Waals surface area contributed by atoms with E-state index in [1.54, 1.807) is 33.8 Å². The molecule has 0 radical (unpaired) electrons. The van der Waals surface area contributed by atoms with E-state index in [9.17, 15) is 9.59 Å². The molecule has 2 amide bonds. The monoisotopic (exact) mass is 295 g/mol. The van der Waals surface area contributed by atoms with Gasteiger partial charge in [-0.15, -0.1) is 0 Å². The van der Waals surface area contributed by atoms with Gasteiger partial charge in [0.25, 0.3) is 0 Å². The number of hydrogen-bond donors (Lipinski definition) is 1. The summed E-state index contributed by atoms with van der Waals surface area (Å²) in [7, 11) is 0. The Hall–Kier alpha value is -2.05. The third kappa shape index (κ3) is 3.96. The van der Waals surface area contributed by atoms with Crippen LogP contribution in [0.25, 0.3) is 0 Å². The Morgan fingerprint density at radius 2 is 2.19 bits per heavy atom. The van der Waals surface area contributed by atoms with Crippen molar-refractivity contribution in [2.24, 2.45) is 0 Å². The molecule has 1 aromatic rings. The number of carbonyl (C=O) groups is 2. The van der Waals surface area contributed by atoms with Crippen molar-refractivity contribution in [2.75, 3.05) is 11.9 Å². The normalized spacial score (nSPS) is 18.7. The maximum Gasteiger partial charge on any atom is 0.410 e. The van der Waals surface area contributed by atoms with Gasteiger partial charge in [-0.25, -0.2) is 4.79 Å². The van der Waals surface area contributed by atoms with Crippen LogP contribution in [-0.4, -0.2) is 40.2 Å². The molecule has 1 aromatic heterocycles. The maximum atomic E-state index is 12.3. The summed E-state index contributed by atoms with van der Waals surface area (Å²) in [4.78, 5) is 25.8. The van der Waals surface area contributed by atoms with E-state index >= 15 is 0 Å². The average Bonchev–Trinajstić information content (AvgIpc) is 2.95. The molecule has 1 saturated heterocycles. The van der Waals surface area contributed by atoms with Crippen LogP contribution in [0, 0.1) is 6.92 Å². The van der Waals surface area contributed by atoms with Gasteiger partial charge in [-0.2, -0.15) is 0 Å². The van der Waals surface area contributed by atoms with E-state index in [1.807, 2.05) is 0 Å². The molecular weight excluding hydrogens is 274 g/mol. The van der Waals surface area contributed by atoms with E-state index in [4.69, 9.17) is 9.26 Å². The standard InChI is InChI=1S/C14H21N3O4/c1-9-8-11(16-21-9)15-12(18)10-6-5-7-17(10)13(19)20-14(2,3)4/h8,10H,5-7H2,1-4H3,(H,15,16,18)/t10-/m0/s1. The lowest BCUT2D eigenvalue weighted by Crippen LogP contribution is -2.45. The summed E-state index contributed by atoms with van der Waals surface area (Å²) in [5.74, 6) is 0.695. The summed E-state index contributed by atoms with van der Waals surface area (Å²) in [5.41, 5.74) is -0.579. The largest absolute Gasteiger partial charge is 0.444 e. The minimum absolute atomic E-state index is 0.272. The van der Waals surface area contributed by atoms with Crippen LogP contribution in [0.1, 0.15) is 39.4 Å². The number of nitrogens with one attached hydrogen (secondary N) is 1. The second kappa shape index (κ2) is 5.75. The van der Waals surface area contributed by atoms with E-state index in [0.717, 1.165) is 6.42 Å². The van der Waals surface area contributed by atoms with Crippen LogP contribution >= 0.6 is 0 Å².